The summed E-state index contributed by atoms with van der Waals surface area (Å²) in [5.41, 5.74) is 8.06. The van der Waals surface area contributed by atoms with Crippen LogP contribution in [0.1, 0.15) is 17.2 Å². The van der Waals surface area contributed by atoms with Crippen LogP contribution in [-0.2, 0) is 6.42 Å². The molecule has 0 spiro atoms. The second kappa shape index (κ2) is 5.43. The highest BCUT2D eigenvalue weighted by Crippen LogP contribution is 2.20. The van der Waals surface area contributed by atoms with Gasteiger partial charge in [-0.05, 0) is 41.8 Å². The Hall–Kier alpha value is -1.19. The number of rotatable bonds is 3. The molecule has 0 bridgehead atoms. The van der Waals surface area contributed by atoms with Crippen molar-refractivity contribution in [1.29, 1.82) is 0 Å². The Balaban J connectivity index is 2.14. The van der Waals surface area contributed by atoms with Crippen LogP contribution in [0.3, 0.4) is 0 Å². The maximum Gasteiger partial charge on any atom is 0.123 e. The van der Waals surface area contributed by atoms with Crippen molar-refractivity contribution in [2.24, 2.45) is 5.73 Å². The average Bonchev–Trinajstić information content (AvgIpc) is 2.29. The van der Waals surface area contributed by atoms with Gasteiger partial charge in [-0.25, -0.2) is 4.39 Å². The van der Waals surface area contributed by atoms with Gasteiger partial charge in [0, 0.05) is 10.5 Å². The Kier molecular flexibility index (Phi) is 3.92. The molecule has 2 aromatic rings. The van der Waals surface area contributed by atoms with Crippen LogP contribution in [-0.4, -0.2) is 0 Å². The third-order valence-electron chi connectivity index (χ3n) is 2.62. The molecule has 2 aromatic carbocycles. The molecule has 0 fully saturated rings. The van der Waals surface area contributed by atoms with Gasteiger partial charge in [-0.2, -0.15) is 0 Å². The van der Waals surface area contributed by atoms with Crippen molar-refractivity contribution in [3.63, 3.8) is 0 Å². The number of nitrogens with two attached hydrogens (primary N) is 1. The monoisotopic (exact) mass is 293 g/mol. The molecule has 3 heteroatoms. The van der Waals surface area contributed by atoms with Gasteiger partial charge in [0.25, 0.3) is 0 Å². The molecule has 0 radical (unpaired) electrons. The smallest absolute Gasteiger partial charge is 0.123 e. The first kappa shape index (κ1) is 12.3. The van der Waals surface area contributed by atoms with E-state index in [1.54, 1.807) is 6.07 Å². The lowest BCUT2D eigenvalue weighted by molar-refractivity contribution is 0.622. The summed E-state index contributed by atoms with van der Waals surface area (Å²) >= 11 is 3.41. The highest BCUT2D eigenvalue weighted by Gasteiger charge is 2.07. The summed E-state index contributed by atoms with van der Waals surface area (Å²) in [6.45, 7) is 0. The van der Waals surface area contributed by atoms with Crippen molar-refractivity contribution in [3.8, 4) is 0 Å². The van der Waals surface area contributed by atoms with E-state index >= 15 is 0 Å². The van der Waals surface area contributed by atoms with Crippen molar-refractivity contribution >= 4 is 15.9 Å². The second-order valence-corrected chi connectivity index (χ2v) is 4.91. The van der Waals surface area contributed by atoms with Gasteiger partial charge < -0.3 is 5.73 Å². The topological polar surface area (TPSA) is 26.0 Å². The minimum atomic E-state index is -0.219. The molecular weight excluding hydrogens is 281 g/mol. The fraction of sp³-hybridized carbons (Fsp3) is 0.143. The van der Waals surface area contributed by atoms with Crippen molar-refractivity contribution in [1.82, 2.24) is 0 Å². The Morgan fingerprint density at radius 2 is 1.88 bits per heavy atom. The van der Waals surface area contributed by atoms with E-state index in [2.05, 4.69) is 15.9 Å². The first-order valence-electron chi connectivity index (χ1n) is 5.40. The average molecular weight is 294 g/mol. The molecule has 0 aliphatic carbocycles. The van der Waals surface area contributed by atoms with Crippen LogP contribution in [0, 0.1) is 5.82 Å². The van der Waals surface area contributed by atoms with Crippen molar-refractivity contribution in [3.05, 3.63) is 69.9 Å². The Morgan fingerprint density at radius 3 is 2.59 bits per heavy atom. The van der Waals surface area contributed by atoms with E-state index in [0.29, 0.717) is 6.42 Å². The molecule has 0 aliphatic rings. The van der Waals surface area contributed by atoms with Gasteiger partial charge in [0.15, 0.2) is 0 Å². The van der Waals surface area contributed by atoms with Crippen LogP contribution in [0.2, 0.25) is 0 Å². The van der Waals surface area contributed by atoms with Crippen LogP contribution in [0.15, 0.2) is 53.0 Å². The second-order valence-electron chi connectivity index (χ2n) is 4.00. The third-order valence-corrected chi connectivity index (χ3v) is 3.11. The molecule has 2 N–H and O–H groups in total. The van der Waals surface area contributed by atoms with Crippen molar-refractivity contribution in [2.45, 2.75) is 12.5 Å². The van der Waals surface area contributed by atoms with E-state index in [1.165, 1.54) is 12.1 Å². The van der Waals surface area contributed by atoms with Gasteiger partial charge in [0.1, 0.15) is 5.82 Å². The standard InChI is InChI=1S/C14H13BrFN/c15-12-5-2-4-11(9-12)14(17)8-10-3-1-6-13(16)7-10/h1-7,9,14H,8,17H2. The van der Waals surface area contributed by atoms with E-state index in [4.69, 9.17) is 5.73 Å². The van der Waals surface area contributed by atoms with Gasteiger partial charge in [-0.15, -0.1) is 0 Å². The van der Waals surface area contributed by atoms with Crippen molar-refractivity contribution < 1.29 is 4.39 Å². The molecular formula is C14H13BrFN. The predicted molar refractivity (Wildman–Crippen MR) is 71.2 cm³/mol. The largest absolute Gasteiger partial charge is 0.324 e. The lowest BCUT2D eigenvalue weighted by Crippen LogP contribution is -2.13. The molecule has 0 aromatic heterocycles. The van der Waals surface area contributed by atoms with Gasteiger partial charge in [0.05, 0.1) is 0 Å². The van der Waals surface area contributed by atoms with Gasteiger partial charge >= 0.3 is 0 Å². The van der Waals surface area contributed by atoms with Crippen molar-refractivity contribution in [2.75, 3.05) is 0 Å². The SMILES string of the molecule is NC(Cc1cccc(F)c1)c1cccc(Br)c1. The Morgan fingerprint density at radius 1 is 1.12 bits per heavy atom. The maximum atomic E-state index is 13.0. The first-order valence-corrected chi connectivity index (χ1v) is 6.20. The highest BCUT2D eigenvalue weighted by atomic mass is 79.9. The molecule has 0 saturated heterocycles. The van der Waals surface area contributed by atoms with Gasteiger partial charge in [0.2, 0.25) is 0 Å². The summed E-state index contributed by atoms with van der Waals surface area (Å²) in [5.74, 6) is -0.219. The summed E-state index contributed by atoms with van der Waals surface area (Å²) in [7, 11) is 0. The van der Waals surface area contributed by atoms with Gasteiger partial charge in [-0.3, -0.25) is 0 Å². The molecule has 0 amide bonds. The fourth-order valence-electron chi connectivity index (χ4n) is 1.77. The zero-order valence-corrected chi connectivity index (χ0v) is 10.8. The van der Waals surface area contributed by atoms with Crippen LogP contribution in [0.5, 0.6) is 0 Å². The predicted octanol–water partition coefficient (Wildman–Crippen LogP) is 3.83. The Labute approximate surface area is 109 Å². The summed E-state index contributed by atoms with van der Waals surface area (Å²) in [6.07, 6.45) is 0.633. The molecule has 0 aliphatic heterocycles. The third kappa shape index (κ3) is 3.38. The van der Waals surface area contributed by atoms with Crippen LogP contribution >= 0.6 is 15.9 Å². The van der Waals surface area contributed by atoms with E-state index < -0.39 is 0 Å². The van der Waals surface area contributed by atoms with E-state index in [9.17, 15) is 4.39 Å². The first-order chi connectivity index (χ1) is 8.15. The number of halogens is 2. The van der Waals surface area contributed by atoms with Crippen LogP contribution < -0.4 is 5.73 Å². The molecule has 1 atom stereocenters. The van der Waals surface area contributed by atoms with Crippen LogP contribution in [0.4, 0.5) is 4.39 Å². The van der Waals surface area contributed by atoms with Crippen LogP contribution in [0.25, 0.3) is 0 Å². The number of hydrogen-bond donors (Lipinski definition) is 1. The Bertz CT molecular complexity index is 513. The van der Waals surface area contributed by atoms with E-state index in [0.717, 1.165) is 15.6 Å². The quantitative estimate of drug-likeness (QED) is 0.914. The molecule has 1 nitrogen and oxygen atoms in total. The zero-order valence-electron chi connectivity index (χ0n) is 9.24. The van der Waals surface area contributed by atoms with Gasteiger partial charge in [-0.1, -0.05) is 40.2 Å². The summed E-state index contributed by atoms with van der Waals surface area (Å²) in [6, 6.07) is 14.3. The maximum absolute atomic E-state index is 13.0. The molecule has 1 unspecified atom stereocenters. The minimum absolute atomic E-state index is 0.116. The zero-order chi connectivity index (χ0) is 12.3. The molecule has 17 heavy (non-hydrogen) atoms. The lowest BCUT2D eigenvalue weighted by atomic mass is 10.00. The molecule has 0 saturated carbocycles. The normalized spacial score (nSPS) is 12.4. The molecule has 2 rings (SSSR count). The molecule has 88 valence electrons. The minimum Gasteiger partial charge on any atom is -0.324 e. The number of benzene rings is 2. The highest BCUT2D eigenvalue weighted by molar-refractivity contribution is 9.10. The molecule has 0 heterocycles. The van der Waals surface area contributed by atoms with E-state index in [1.807, 2.05) is 30.3 Å². The number of hydrogen-bond acceptors (Lipinski definition) is 1. The summed E-state index contributed by atoms with van der Waals surface area (Å²) in [4.78, 5) is 0. The van der Waals surface area contributed by atoms with E-state index in [-0.39, 0.29) is 11.9 Å². The lowest BCUT2D eigenvalue weighted by Gasteiger charge is -2.12. The fourth-order valence-corrected chi connectivity index (χ4v) is 2.19. The summed E-state index contributed by atoms with van der Waals surface area (Å²) < 4.78 is 14.0. The summed E-state index contributed by atoms with van der Waals surface area (Å²) in [5, 5.41) is 0.